The van der Waals surface area contributed by atoms with Gasteiger partial charge in [-0.2, -0.15) is 5.26 Å². The van der Waals surface area contributed by atoms with E-state index in [2.05, 4.69) is 214 Å². The van der Waals surface area contributed by atoms with Gasteiger partial charge < -0.3 is 4.90 Å². The van der Waals surface area contributed by atoms with E-state index in [1.165, 1.54) is 77.2 Å². The third-order valence-corrected chi connectivity index (χ3v) is 13.4. The number of fused-ring (bicyclic) bond motifs is 7. The van der Waals surface area contributed by atoms with Crippen LogP contribution >= 0.6 is 0 Å². The zero-order valence-corrected chi connectivity index (χ0v) is 33.4. The van der Waals surface area contributed by atoms with Gasteiger partial charge in [-0.25, -0.2) is 0 Å². The van der Waals surface area contributed by atoms with Crippen LogP contribution in [0.25, 0.3) is 38.2 Å². The smallest absolute Gasteiger partial charge is 0.0991 e. The van der Waals surface area contributed by atoms with Gasteiger partial charge in [-0.1, -0.05) is 172 Å². The fraction of sp³-hybridized carbons (Fsp3) is 0.105. The standard InChI is InChI=1S/C57H42N2/c1-56(2)51-34-40(55-49-21-9-8-20-48(49)54(50-23-10-11-33-57(50,55)3)47-22-12-16-38-14-4-6-18-43(38)47)27-31-45(51)46-32-30-42(35-52(46)56)59(41-28-25-37(36-58)26-29-41)53-24-13-17-39-15-5-7-19-44(39)53/h4-35,55H,1-3H3. The van der Waals surface area contributed by atoms with Gasteiger partial charge in [0.05, 0.1) is 17.3 Å². The highest BCUT2D eigenvalue weighted by Gasteiger charge is 2.45. The summed E-state index contributed by atoms with van der Waals surface area (Å²) in [5.74, 6) is 0.118. The van der Waals surface area contributed by atoms with E-state index in [1.54, 1.807) is 0 Å². The number of nitriles is 1. The molecule has 8 aromatic carbocycles. The minimum atomic E-state index is -0.271. The molecule has 0 amide bonds. The Kier molecular flexibility index (Phi) is 7.81. The average molecular weight is 755 g/mol. The van der Waals surface area contributed by atoms with Crippen LogP contribution in [-0.4, -0.2) is 0 Å². The lowest BCUT2D eigenvalue weighted by Crippen LogP contribution is -2.32. The molecule has 0 fully saturated rings. The molecule has 8 aromatic rings. The number of rotatable bonds is 5. The molecule has 2 atom stereocenters. The van der Waals surface area contributed by atoms with Crippen LogP contribution in [0.3, 0.4) is 0 Å². The first kappa shape index (κ1) is 35.0. The van der Waals surface area contributed by atoms with Gasteiger partial charge in [-0.3, -0.25) is 0 Å². The first-order chi connectivity index (χ1) is 28.8. The highest BCUT2D eigenvalue weighted by Crippen LogP contribution is 2.59. The first-order valence-corrected chi connectivity index (χ1v) is 20.6. The van der Waals surface area contributed by atoms with Crippen LogP contribution in [-0.2, 0) is 5.41 Å². The molecule has 2 unspecified atom stereocenters. The Hall–Kier alpha value is -7.21. The molecule has 0 aromatic heterocycles. The van der Waals surface area contributed by atoms with Gasteiger partial charge >= 0.3 is 0 Å². The molecule has 0 saturated heterocycles. The summed E-state index contributed by atoms with van der Waals surface area (Å²) in [5, 5.41) is 14.5. The third kappa shape index (κ3) is 5.25. The monoisotopic (exact) mass is 754 g/mol. The van der Waals surface area contributed by atoms with Crippen LogP contribution in [0.1, 0.15) is 65.6 Å². The molecule has 3 aliphatic rings. The fourth-order valence-corrected chi connectivity index (χ4v) is 10.6. The van der Waals surface area contributed by atoms with E-state index >= 15 is 0 Å². The van der Waals surface area contributed by atoms with Crippen LogP contribution in [0.15, 0.2) is 200 Å². The van der Waals surface area contributed by atoms with Crippen LogP contribution in [0, 0.1) is 16.7 Å². The summed E-state index contributed by atoms with van der Waals surface area (Å²) >= 11 is 0. The van der Waals surface area contributed by atoms with Gasteiger partial charge in [0.15, 0.2) is 0 Å². The van der Waals surface area contributed by atoms with Crippen molar-refractivity contribution in [2.75, 3.05) is 4.90 Å². The maximum atomic E-state index is 9.64. The second-order valence-electron chi connectivity index (χ2n) is 17.0. The maximum absolute atomic E-state index is 9.64. The third-order valence-electron chi connectivity index (χ3n) is 13.4. The fourth-order valence-electron chi connectivity index (χ4n) is 10.6. The van der Waals surface area contributed by atoms with E-state index in [0.29, 0.717) is 5.56 Å². The van der Waals surface area contributed by atoms with Crippen molar-refractivity contribution in [2.24, 2.45) is 5.41 Å². The molecule has 0 radical (unpaired) electrons. The molecule has 0 bridgehead atoms. The van der Waals surface area contributed by atoms with Crippen LogP contribution in [0.4, 0.5) is 17.1 Å². The summed E-state index contributed by atoms with van der Waals surface area (Å²) in [6.07, 6.45) is 9.27. The number of allylic oxidation sites excluding steroid dienone is 5. The van der Waals surface area contributed by atoms with E-state index in [9.17, 15) is 5.26 Å². The lowest BCUT2D eigenvalue weighted by atomic mass is 9.58. The highest BCUT2D eigenvalue weighted by molar-refractivity contribution is 6.02. The summed E-state index contributed by atoms with van der Waals surface area (Å²) in [6.45, 7) is 7.22. The predicted molar refractivity (Wildman–Crippen MR) is 246 cm³/mol. The van der Waals surface area contributed by atoms with Crippen molar-refractivity contribution in [3.05, 3.63) is 239 Å². The molecular formula is C57H42N2. The molecule has 0 saturated carbocycles. The summed E-state index contributed by atoms with van der Waals surface area (Å²) < 4.78 is 0. The van der Waals surface area contributed by atoms with Crippen molar-refractivity contribution in [1.29, 1.82) is 5.26 Å². The first-order valence-electron chi connectivity index (χ1n) is 20.6. The van der Waals surface area contributed by atoms with Crippen LogP contribution in [0.2, 0.25) is 0 Å². The molecule has 2 nitrogen and oxygen atoms in total. The van der Waals surface area contributed by atoms with Crippen molar-refractivity contribution in [1.82, 2.24) is 0 Å². The van der Waals surface area contributed by atoms with Gasteiger partial charge in [0.25, 0.3) is 0 Å². The van der Waals surface area contributed by atoms with Gasteiger partial charge in [-0.15, -0.1) is 0 Å². The van der Waals surface area contributed by atoms with E-state index in [1.807, 2.05) is 12.1 Å². The quantitative estimate of drug-likeness (QED) is 0.175. The average Bonchev–Trinajstić information content (AvgIpc) is 3.50. The molecule has 0 heterocycles. The Morgan fingerprint density at radius 3 is 1.97 bits per heavy atom. The number of anilines is 3. The van der Waals surface area contributed by atoms with Crippen molar-refractivity contribution in [3.8, 4) is 17.2 Å². The highest BCUT2D eigenvalue weighted by atomic mass is 15.1. The molecule has 0 aliphatic heterocycles. The number of nitrogens with zero attached hydrogens (tertiary/aromatic N) is 2. The molecule has 59 heavy (non-hydrogen) atoms. The van der Waals surface area contributed by atoms with Crippen LogP contribution < -0.4 is 4.90 Å². The Morgan fingerprint density at radius 1 is 0.542 bits per heavy atom. The number of hydrogen-bond donors (Lipinski definition) is 0. The summed E-state index contributed by atoms with van der Waals surface area (Å²) in [5.41, 5.74) is 16.6. The Labute approximate surface area is 346 Å². The molecule has 3 aliphatic carbocycles. The minimum absolute atomic E-state index is 0.118. The molecule has 11 rings (SSSR count). The summed E-state index contributed by atoms with van der Waals surface area (Å²) in [7, 11) is 0. The van der Waals surface area contributed by atoms with Gasteiger partial charge in [0.1, 0.15) is 0 Å². The van der Waals surface area contributed by atoms with E-state index < -0.39 is 0 Å². The van der Waals surface area contributed by atoms with Crippen molar-refractivity contribution in [2.45, 2.75) is 32.1 Å². The summed E-state index contributed by atoms with van der Waals surface area (Å²) in [4.78, 5) is 2.35. The van der Waals surface area contributed by atoms with Gasteiger partial charge in [-0.05, 0) is 114 Å². The maximum Gasteiger partial charge on any atom is 0.0991 e. The number of benzene rings is 8. The zero-order valence-electron chi connectivity index (χ0n) is 33.4. The van der Waals surface area contributed by atoms with Crippen molar-refractivity contribution >= 4 is 44.2 Å². The summed E-state index contributed by atoms with van der Waals surface area (Å²) in [6, 6.07) is 64.2. The normalized spacial score (nSPS) is 18.2. The zero-order chi connectivity index (χ0) is 39.9. The molecule has 280 valence electrons. The molecule has 0 N–H and O–H groups in total. The molecule has 0 spiro atoms. The SMILES string of the molecule is CC1(C)c2cc(C3c4ccccc4C(c4cccc5ccccc45)=C4C=CC=CC43C)ccc2-c2ccc(N(c3ccc(C#N)cc3)c3cccc4ccccc34)cc21. The minimum Gasteiger partial charge on any atom is -0.310 e. The topological polar surface area (TPSA) is 27.0 Å². The van der Waals surface area contributed by atoms with E-state index in [-0.39, 0.29) is 16.7 Å². The largest absolute Gasteiger partial charge is 0.310 e. The number of hydrogen-bond acceptors (Lipinski definition) is 2. The second-order valence-corrected chi connectivity index (χ2v) is 17.0. The lowest BCUT2D eigenvalue weighted by molar-refractivity contribution is 0.448. The van der Waals surface area contributed by atoms with Gasteiger partial charge in [0.2, 0.25) is 0 Å². The predicted octanol–water partition coefficient (Wildman–Crippen LogP) is 14.7. The van der Waals surface area contributed by atoms with Crippen molar-refractivity contribution in [3.63, 3.8) is 0 Å². The van der Waals surface area contributed by atoms with Crippen molar-refractivity contribution < 1.29 is 0 Å². The van der Waals surface area contributed by atoms with E-state index in [4.69, 9.17) is 0 Å². The van der Waals surface area contributed by atoms with Crippen LogP contribution in [0.5, 0.6) is 0 Å². The Bertz CT molecular complexity index is 3160. The second kappa shape index (κ2) is 13.2. The Balaban J connectivity index is 1.05. The Morgan fingerprint density at radius 2 is 1.17 bits per heavy atom. The molecular weight excluding hydrogens is 713 g/mol. The molecule has 2 heteroatoms. The lowest BCUT2D eigenvalue weighted by Gasteiger charge is -2.45. The van der Waals surface area contributed by atoms with E-state index in [0.717, 1.165) is 17.1 Å². The van der Waals surface area contributed by atoms with Gasteiger partial charge in [0, 0.05) is 33.5 Å².